The van der Waals surface area contributed by atoms with E-state index >= 15 is 0 Å². The maximum Gasteiger partial charge on any atom is 0.118 e. The van der Waals surface area contributed by atoms with E-state index in [1.54, 1.807) is 7.11 Å². The Morgan fingerprint density at radius 1 is 0.727 bits per heavy atom. The highest BCUT2D eigenvalue weighted by molar-refractivity contribution is 5.80. The molecule has 0 spiro atoms. The van der Waals surface area contributed by atoms with Crippen LogP contribution in [0, 0.1) is 0 Å². The molecular weight excluding hydrogens is 268 g/mol. The van der Waals surface area contributed by atoms with Gasteiger partial charge in [-0.15, -0.1) is 0 Å². The van der Waals surface area contributed by atoms with Crippen LogP contribution in [0.2, 0.25) is 0 Å². The molecule has 0 aliphatic heterocycles. The fourth-order valence-electron chi connectivity index (χ4n) is 2.48. The number of hydrogen-bond acceptors (Lipinski definition) is 1. The molecule has 0 N–H and O–H groups in total. The number of ether oxygens (including phenoxy) is 1. The van der Waals surface area contributed by atoms with E-state index in [1.165, 1.54) is 11.1 Å². The Hall–Kier alpha value is -2.80. The molecule has 3 aromatic rings. The van der Waals surface area contributed by atoms with E-state index < -0.39 is 0 Å². The van der Waals surface area contributed by atoms with E-state index in [2.05, 4.69) is 55.1 Å². The predicted octanol–water partition coefficient (Wildman–Crippen LogP) is 5.42. The molecule has 0 heterocycles. The van der Waals surface area contributed by atoms with E-state index in [0.717, 1.165) is 22.4 Å². The maximum atomic E-state index is 5.21. The first kappa shape index (κ1) is 14.2. The minimum Gasteiger partial charge on any atom is -0.497 e. The van der Waals surface area contributed by atoms with Crippen LogP contribution in [0.15, 0.2) is 85.4 Å². The van der Waals surface area contributed by atoms with E-state index in [1.807, 2.05) is 30.3 Å². The van der Waals surface area contributed by atoms with Gasteiger partial charge in [0.2, 0.25) is 0 Å². The lowest BCUT2D eigenvalue weighted by Gasteiger charge is -2.09. The lowest BCUT2D eigenvalue weighted by molar-refractivity contribution is 0.415. The summed E-state index contributed by atoms with van der Waals surface area (Å²) in [6.07, 6.45) is 0. The molecule has 22 heavy (non-hydrogen) atoms. The van der Waals surface area contributed by atoms with E-state index in [-0.39, 0.29) is 0 Å². The van der Waals surface area contributed by atoms with Gasteiger partial charge in [-0.2, -0.15) is 0 Å². The largest absolute Gasteiger partial charge is 0.497 e. The smallest absolute Gasteiger partial charge is 0.118 e. The van der Waals surface area contributed by atoms with Crippen LogP contribution in [0.4, 0.5) is 0 Å². The fourth-order valence-corrected chi connectivity index (χ4v) is 2.48. The van der Waals surface area contributed by atoms with Crippen LogP contribution in [-0.2, 0) is 0 Å². The highest BCUT2D eigenvalue weighted by Crippen LogP contribution is 2.27. The minimum atomic E-state index is 0.869. The SMILES string of the molecule is C=C(c1ccccc1)c1cccc(-c2ccc(OC)cc2)c1. The molecule has 0 aliphatic rings. The molecule has 0 saturated heterocycles. The predicted molar refractivity (Wildman–Crippen MR) is 93.0 cm³/mol. The highest BCUT2D eigenvalue weighted by Gasteiger charge is 2.04. The summed E-state index contributed by atoms with van der Waals surface area (Å²) in [5.41, 5.74) is 5.67. The average Bonchev–Trinajstić information content (AvgIpc) is 2.62. The van der Waals surface area contributed by atoms with Crippen LogP contribution < -0.4 is 4.74 Å². The molecule has 0 aliphatic carbocycles. The van der Waals surface area contributed by atoms with Gasteiger partial charge in [-0.3, -0.25) is 0 Å². The first-order chi connectivity index (χ1) is 10.8. The van der Waals surface area contributed by atoms with Gasteiger partial charge in [0, 0.05) is 0 Å². The van der Waals surface area contributed by atoms with Crippen molar-refractivity contribution in [3.63, 3.8) is 0 Å². The van der Waals surface area contributed by atoms with E-state index in [4.69, 9.17) is 4.74 Å². The summed E-state index contributed by atoms with van der Waals surface area (Å²) in [6.45, 7) is 4.24. The Kier molecular flexibility index (Phi) is 4.06. The molecule has 1 heteroatoms. The standard InChI is InChI=1S/C21H18O/c1-16(17-7-4-3-5-8-17)19-9-6-10-20(15-19)18-11-13-21(22-2)14-12-18/h3-15H,1H2,2H3. The molecule has 0 aromatic heterocycles. The summed E-state index contributed by atoms with van der Waals surface area (Å²) >= 11 is 0. The third kappa shape index (κ3) is 2.94. The first-order valence-electron chi connectivity index (χ1n) is 7.27. The fraction of sp³-hybridized carbons (Fsp3) is 0.0476. The molecule has 3 rings (SSSR count). The van der Waals surface area contributed by atoms with Crippen molar-refractivity contribution < 1.29 is 4.74 Å². The molecule has 3 aromatic carbocycles. The second-order valence-electron chi connectivity index (χ2n) is 5.15. The van der Waals surface area contributed by atoms with Crippen molar-refractivity contribution in [1.29, 1.82) is 0 Å². The number of methoxy groups -OCH3 is 1. The average molecular weight is 286 g/mol. The van der Waals surface area contributed by atoms with Gasteiger partial charge in [0.1, 0.15) is 5.75 Å². The summed E-state index contributed by atoms with van der Waals surface area (Å²) in [5.74, 6) is 0.869. The molecule has 1 nitrogen and oxygen atoms in total. The van der Waals surface area contributed by atoms with Gasteiger partial charge >= 0.3 is 0 Å². The van der Waals surface area contributed by atoms with Gasteiger partial charge in [0.15, 0.2) is 0 Å². The second-order valence-corrected chi connectivity index (χ2v) is 5.15. The van der Waals surface area contributed by atoms with Crippen LogP contribution in [0.25, 0.3) is 16.7 Å². The van der Waals surface area contributed by atoms with E-state index in [9.17, 15) is 0 Å². The maximum absolute atomic E-state index is 5.21. The molecule has 0 unspecified atom stereocenters. The molecule has 0 amide bonds. The third-order valence-electron chi connectivity index (χ3n) is 3.76. The summed E-state index contributed by atoms with van der Waals surface area (Å²) < 4.78 is 5.21. The van der Waals surface area contributed by atoms with E-state index in [0.29, 0.717) is 0 Å². The van der Waals surface area contributed by atoms with Crippen molar-refractivity contribution >= 4 is 5.57 Å². The summed E-state index contributed by atoms with van der Waals surface area (Å²) in [4.78, 5) is 0. The Balaban J connectivity index is 1.94. The quantitative estimate of drug-likeness (QED) is 0.622. The molecule has 108 valence electrons. The van der Waals surface area contributed by atoms with Crippen LogP contribution in [0.1, 0.15) is 11.1 Å². The molecule has 0 radical (unpaired) electrons. The van der Waals surface area contributed by atoms with Crippen molar-refractivity contribution in [1.82, 2.24) is 0 Å². The van der Waals surface area contributed by atoms with Crippen molar-refractivity contribution in [3.8, 4) is 16.9 Å². The molecule has 0 atom stereocenters. The summed E-state index contributed by atoms with van der Waals surface area (Å²) in [6, 6.07) is 26.8. The van der Waals surface area contributed by atoms with Gasteiger partial charge in [-0.1, -0.05) is 67.2 Å². The third-order valence-corrected chi connectivity index (χ3v) is 3.76. The van der Waals surface area contributed by atoms with Gasteiger partial charge in [-0.25, -0.2) is 0 Å². The minimum absolute atomic E-state index is 0.869. The first-order valence-corrected chi connectivity index (χ1v) is 7.27. The Morgan fingerprint density at radius 3 is 2.09 bits per heavy atom. The van der Waals surface area contributed by atoms with Gasteiger partial charge in [0.25, 0.3) is 0 Å². The van der Waals surface area contributed by atoms with Crippen molar-refractivity contribution in [2.24, 2.45) is 0 Å². The Bertz CT molecular complexity index is 771. The Labute approximate surface area is 131 Å². The zero-order valence-electron chi connectivity index (χ0n) is 12.6. The highest BCUT2D eigenvalue weighted by atomic mass is 16.5. The zero-order chi connectivity index (χ0) is 15.4. The van der Waals surface area contributed by atoms with Gasteiger partial charge in [-0.05, 0) is 46.0 Å². The summed E-state index contributed by atoms with van der Waals surface area (Å²) in [7, 11) is 1.68. The Morgan fingerprint density at radius 2 is 1.41 bits per heavy atom. The van der Waals surface area contributed by atoms with Crippen LogP contribution in [0.3, 0.4) is 0 Å². The monoisotopic (exact) mass is 286 g/mol. The zero-order valence-corrected chi connectivity index (χ0v) is 12.6. The summed E-state index contributed by atoms with van der Waals surface area (Å²) in [5, 5.41) is 0. The number of benzene rings is 3. The van der Waals surface area contributed by atoms with Crippen LogP contribution in [-0.4, -0.2) is 7.11 Å². The number of rotatable bonds is 4. The van der Waals surface area contributed by atoms with Gasteiger partial charge < -0.3 is 4.74 Å². The molecule has 0 bridgehead atoms. The molecule has 0 fully saturated rings. The van der Waals surface area contributed by atoms with Crippen molar-refractivity contribution in [2.45, 2.75) is 0 Å². The normalized spacial score (nSPS) is 10.2. The lowest BCUT2D eigenvalue weighted by atomic mass is 9.96. The van der Waals surface area contributed by atoms with Crippen molar-refractivity contribution in [2.75, 3.05) is 7.11 Å². The van der Waals surface area contributed by atoms with Crippen LogP contribution in [0.5, 0.6) is 5.75 Å². The molecule has 0 saturated carbocycles. The topological polar surface area (TPSA) is 9.23 Å². The lowest BCUT2D eigenvalue weighted by Crippen LogP contribution is -1.87. The van der Waals surface area contributed by atoms with Gasteiger partial charge in [0.05, 0.1) is 7.11 Å². The van der Waals surface area contributed by atoms with Crippen LogP contribution >= 0.6 is 0 Å². The number of hydrogen-bond donors (Lipinski definition) is 0. The molecular formula is C21H18O. The second kappa shape index (κ2) is 6.31. The van der Waals surface area contributed by atoms with Crippen molar-refractivity contribution in [3.05, 3.63) is 96.6 Å².